The fourth-order valence-corrected chi connectivity index (χ4v) is 4.00. The summed E-state index contributed by atoms with van der Waals surface area (Å²) in [6.45, 7) is 4.40. The third kappa shape index (κ3) is 1.78. The summed E-state index contributed by atoms with van der Waals surface area (Å²) in [5.41, 5.74) is 1.06. The van der Waals surface area contributed by atoms with E-state index < -0.39 is 0 Å². The molecule has 0 spiro atoms. The minimum atomic E-state index is -0.0981. The molecule has 0 heterocycles. The first-order valence-corrected chi connectivity index (χ1v) is 6.91. The molecule has 2 rings (SSSR count). The molecular formula is C12H13Br2F. The van der Waals surface area contributed by atoms with Gasteiger partial charge in [-0.05, 0) is 44.8 Å². The Hall–Kier alpha value is 0.110. The van der Waals surface area contributed by atoms with Gasteiger partial charge in [0.25, 0.3) is 0 Å². The van der Waals surface area contributed by atoms with E-state index in [1.165, 1.54) is 0 Å². The van der Waals surface area contributed by atoms with Crippen LogP contribution < -0.4 is 0 Å². The van der Waals surface area contributed by atoms with E-state index in [1.54, 1.807) is 6.07 Å². The van der Waals surface area contributed by atoms with E-state index in [0.29, 0.717) is 16.3 Å². The Balaban J connectivity index is 2.37. The molecule has 2 unspecified atom stereocenters. The van der Waals surface area contributed by atoms with E-state index in [2.05, 4.69) is 45.7 Å². The van der Waals surface area contributed by atoms with Crippen LogP contribution in [0, 0.1) is 17.2 Å². The molecule has 0 N–H and O–H groups in total. The van der Waals surface area contributed by atoms with Gasteiger partial charge in [0, 0.05) is 5.33 Å². The fraction of sp³-hybridized carbons (Fsp3) is 0.500. The molecule has 1 saturated carbocycles. The van der Waals surface area contributed by atoms with Gasteiger partial charge in [-0.3, -0.25) is 0 Å². The Bertz CT molecular complexity index is 387. The lowest BCUT2D eigenvalue weighted by molar-refractivity contribution is 0.561. The molecule has 0 aromatic heterocycles. The zero-order chi connectivity index (χ0) is 11.2. The minimum Gasteiger partial charge on any atom is -0.205 e. The first kappa shape index (κ1) is 11.6. The zero-order valence-electron chi connectivity index (χ0n) is 8.73. The molecule has 3 heteroatoms. The molecule has 0 aliphatic heterocycles. The molecular weight excluding hydrogens is 323 g/mol. The van der Waals surface area contributed by atoms with Gasteiger partial charge in [0.2, 0.25) is 0 Å². The maximum Gasteiger partial charge on any atom is 0.140 e. The van der Waals surface area contributed by atoms with Crippen LogP contribution >= 0.6 is 31.9 Å². The van der Waals surface area contributed by atoms with Crippen molar-refractivity contribution in [2.24, 2.45) is 11.3 Å². The maximum absolute atomic E-state index is 13.9. The topological polar surface area (TPSA) is 0 Å². The lowest BCUT2D eigenvalue weighted by Gasteiger charge is -2.05. The van der Waals surface area contributed by atoms with Crippen LogP contribution in [0.1, 0.15) is 25.3 Å². The number of halogens is 3. The molecule has 0 bridgehead atoms. The van der Waals surface area contributed by atoms with Gasteiger partial charge < -0.3 is 0 Å². The van der Waals surface area contributed by atoms with E-state index in [9.17, 15) is 4.39 Å². The lowest BCUT2D eigenvalue weighted by Crippen LogP contribution is -1.94. The average molecular weight is 336 g/mol. The van der Waals surface area contributed by atoms with Crippen LogP contribution in [0.15, 0.2) is 22.7 Å². The molecule has 0 amide bonds. The number of rotatable bonds is 2. The third-order valence-corrected chi connectivity index (χ3v) is 4.84. The Morgan fingerprint density at radius 3 is 2.60 bits per heavy atom. The fourth-order valence-electron chi connectivity index (χ4n) is 2.41. The largest absolute Gasteiger partial charge is 0.205 e. The van der Waals surface area contributed by atoms with E-state index >= 15 is 0 Å². The lowest BCUT2D eigenvalue weighted by atomic mass is 10.0. The Morgan fingerprint density at radius 2 is 2.07 bits per heavy atom. The third-order valence-electron chi connectivity index (χ3n) is 3.53. The molecule has 1 aliphatic rings. The van der Waals surface area contributed by atoms with Crippen molar-refractivity contribution in [3.05, 3.63) is 34.1 Å². The molecule has 15 heavy (non-hydrogen) atoms. The predicted octanol–water partition coefficient (Wildman–Crippen LogP) is 4.72. The highest BCUT2D eigenvalue weighted by Crippen LogP contribution is 2.65. The highest BCUT2D eigenvalue weighted by molar-refractivity contribution is 9.10. The van der Waals surface area contributed by atoms with Gasteiger partial charge in [-0.15, -0.1) is 0 Å². The van der Waals surface area contributed by atoms with Crippen molar-refractivity contribution in [3.63, 3.8) is 0 Å². The van der Waals surface area contributed by atoms with Crippen LogP contribution in [0.25, 0.3) is 0 Å². The Kier molecular flexibility index (Phi) is 2.97. The second kappa shape index (κ2) is 3.85. The van der Waals surface area contributed by atoms with Gasteiger partial charge >= 0.3 is 0 Å². The molecule has 2 atom stereocenters. The van der Waals surface area contributed by atoms with Gasteiger partial charge in [-0.25, -0.2) is 4.39 Å². The quantitative estimate of drug-likeness (QED) is 0.686. The monoisotopic (exact) mass is 334 g/mol. The second-order valence-corrected chi connectivity index (χ2v) is 6.20. The molecule has 1 fully saturated rings. The first-order valence-electron chi connectivity index (χ1n) is 5.00. The number of hydrogen-bond donors (Lipinski definition) is 0. The van der Waals surface area contributed by atoms with E-state index in [1.807, 2.05) is 12.1 Å². The molecule has 0 saturated heterocycles. The molecule has 82 valence electrons. The zero-order valence-corrected chi connectivity index (χ0v) is 11.9. The van der Waals surface area contributed by atoms with Crippen LogP contribution in [-0.2, 0) is 0 Å². The van der Waals surface area contributed by atoms with Crippen molar-refractivity contribution in [1.82, 2.24) is 0 Å². The number of hydrogen-bond acceptors (Lipinski definition) is 0. The predicted molar refractivity (Wildman–Crippen MR) is 67.9 cm³/mol. The molecule has 1 aromatic rings. The minimum absolute atomic E-state index is 0.0981. The van der Waals surface area contributed by atoms with Crippen molar-refractivity contribution in [3.8, 4) is 0 Å². The second-order valence-electron chi connectivity index (χ2n) is 4.70. The number of alkyl halides is 1. The normalized spacial score (nSPS) is 27.8. The summed E-state index contributed by atoms with van der Waals surface area (Å²) >= 11 is 6.73. The highest BCUT2D eigenvalue weighted by Gasteiger charge is 2.58. The SMILES string of the molecule is CC1(C)C(CBr)C1c1cccc(Br)c1F. The van der Waals surface area contributed by atoms with Crippen molar-refractivity contribution >= 4 is 31.9 Å². The van der Waals surface area contributed by atoms with Crippen LogP contribution in [0.2, 0.25) is 0 Å². The molecule has 0 nitrogen and oxygen atoms in total. The van der Waals surface area contributed by atoms with E-state index in [-0.39, 0.29) is 11.2 Å². The van der Waals surface area contributed by atoms with Crippen LogP contribution in [0.4, 0.5) is 4.39 Å². The van der Waals surface area contributed by atoms with Gasteiger partial charge in [0.1, 0.15) is 5.82 Å². The highest BCUT2D eigenvalue weighted by atomic mass is 79.9. The van der Waals surface area contributed by atoms with Crippen molar-refractivity contribution < 1.29 is 4.39 Å². The van der Waals surface area contributed by atoms with Crippen LogP contribution in [0.3, 0.4) is 0 Å². The summed E-state index contributed by atoms with van der Waals surface area (Å²) < 4.78 is 14.4. The van der Waals surface area contributed by atoms with Gasteiger partial charge in [-0.2, -0.15) is 0 Å². The molecule has 1 aliphatic carbocycles. The standard InChI is InChI=1S/C12H13Br2F/c1-12(2)8(6-13)10(12)7-4-3-5-9(14)11(7)15/h3-5,8,10H,6H2,1-2H3. The van der Waals surface area contributed by atoms with Crippen molar-refractivity contribution in [2.75, 3.05) is 5.33 Å². The van der Waals surface area contributed by atoms with Gasteiger partial charge in [0.15, 0.2) is 0 Å². The smallest absolute Gasteiger partial charge is 0.140 e. The summed E-state index contributed by atoms with van der Waals surface area (Å²) in [5, 5.41) is 0.941. The van der Waals surface area contributed by atoms with Gasteiger partial charge in [0.05, 0.1) is 4.47 Å². The van der Waals surface area contributed by atoms with E-state index in [4.69, 9.17) is 0 Å². The van der Waals surface area contributed by atoms with Gasteiger partial charge in [-0.1, -0.05) is 41.9 Å². The Morgan fingerprint density at radius 1 is 1.40 bits per heavy atom. The van der Waals surface area contributed by atoms with Crippen molar-refractivity contribution in [1.29, 1.82) is 0 Å². The van der Waals surface area contributed by atoms with Crippen LogP contribution in [-0.4, -0.2) is 5.33 Å². The van der Waals surface area contributed by atoms with Crippen molar-refractivity contribution in [2.45, 2.75) is 19.8 Å². The molecule has 1 aromatic carbocycles. The van der Waals surface area contributed by atoms with E-state index in [0.717, 1.165) is 10.9 Å². The maximum atomic E-state index is 13.9. The molecule has 0 radical (unpaired) electrons. The summed E-state index contributed by atoms with van der Waals surface area (Å²) in [4.78, 5) is 0. The summed E-state index contributed by atoms with van der Waals surface area (Å²) in [5.74, 6) is 0.787. The summed E-state index contributed by atoms with van der Waals surface area (Å²) in [6, 6.07) is 5.55. The summed E-state index contributed by atoms with van der Waals surface area (Å²) in [6.07, 6.45) is 0. The summed E-state index contributed by atoms with van der Waals surface area (Å²) in [7, 11) is 0. The van der Waals surface area contributed by atoms with Crippen LogP contribution in [0.5, 0.6) is 0 Å². The first-order chi connectivity index (χ1) is 7.00. The average Bonchev–Trinajstić information content (AvgIpc) is 2.73. The Labute approximate surface area is 107 Å². The number of benzene rings is 1.